The summed E-state index contributed by atoms with van der Waals surface area (Å²) in [6.07, 6.45) is 4.25. The van der Waals surface area contributed by atoms with Crippen molar-refractivity contribution in [3.63, 3.8) is 0 Å². The van der Waals surface area contributed by atoms with E-state index in [0.717, 1.165) is 0 Å². The second-order valence-corrected chi connectivity index (χ2v) is 3.30. The van der Waals surface area contributed by atoms with Crippen LogP contribution in [0.15, 0.2) is 18.2 Å². The molecule has 0 aliphatic carbocycles. The monoisotopic (exact) mass is 160 g/mol. The summed E-state index contributed by atoms with van der Waals surface area (Å²) in [4.78, 5) is 0. The predicted octanol–water partition coefficient (Wildman–Crippen LogP) is 3.64. The van der Waals surface area contributed by atoms with Gasteiger partial charge in [-0.1, -0.05) is 29.8 Å². The normalized spacial score (nSPS) is 11.0. The van der Waals surface area contributed by atoms with E-state index in [1.54, 1.807) is 0 Å². The molecule has 0 heteroatoms. The Morgan fingerprint density at radius 3 is 2.33 bits per heavy atom. The molecule has 0 unspecified atom stereocenters. The van der Waals surface area contributed by atoms with E-state index in [2.05, 4.69) is 52.0 Å². The molecule has 0 N–H and O–H groups in total. The van der Waals surface area contributed by atoms with Gasteiger partial charge in [0.25, 0.3) is 0 Å². The van der Waals surface area contributed by atoms with Crippen molar-refractivity contribution in [3.8, 4) is 0 Å². The summed E-state index contributed by atoms with van der Waals surface area (Å²) in [6.45, 7) is 8.52. The minimum absolute atomic E-state index is 1.34. The first-order valence-corrected chi connectivity index (χ1v) is 4.35. The first-order chi connectivity index (χ1) is 5.65. The van der Waals surface area contributed by atoms with E-state index in [1.807, 2.05) is 0 Å². The van der Waals surface area contributed by atoms with Gasteiger partial charge in [0.2, 0.25) is 0 Å². The van der Waals surface area contributed by atoms with Gasteiger partial charge in [0.15, 0.2) is 0 Å². The van der Waals surface area contributed by atoms with Crippen molar-refractivity contribution in [3.05, 3.63) is 40.5 Å². The van der Waals surface area contributed by atoms with E-state index >= 15 is 0 Å². The summed E-state index contributed by atoms with van der Waals surface area (Å²) in [5.41, 5.74) is 5.45. The van der Waals surface area contributed by atoms with E-state index in [0.29, 0.717) is 0 Å². The van der Waals surface area contributed by atoms with Crippen LogP contribution in [0.2, 0.25) is 0 Å². The van der Waals surface area contributed by atoms with Crippen molar-refractivity contribution < 1.29 is 0 Å². The average Bonchev–Trinajstić information content (AvgIpc) is 2.00. The standard InChI is InChI=1S/C12H16/c1-5-6-12-8-9(2)7-10(3)11(12)4/h5-8H,1-4H3/b6-5+. The van der Waals surface area contributed by atoms with Crippen LogP contribution in [-0.4, -0.2) is 0 Å². The van der Waals surface area contributed by atoms with E-state index in [4.69, 9.17) is 0 Å². The van der Waals surface area contributed by atoms with Crippen LogP contribution >= 0.6 is 0 Å². The van der Waals surface area contributed by atoms with Gasteiger partial charge in [-0.3, -0.25) is 0 Å². The smallest absolute Gasteiger partial charge is 0.0225 e. The van der Waals surface area contributed by atoms with Gasteiger partial charge in [0.1, 0.15) is 0 Å². The first-order valence-electron chi connectivity index (χ1n) is 4.35. The third-order valence-corrected chi connectivity index (χ3v) is 2.20. The van der Waals surface area contributed by atoms with Crippen LogP contribution in [0.3, 0.4) is 0 Å². The lowest BCUT2D eigenvalue weighted by molar-refractivity contribution is 1.28. The quantitative estimate of drug-likeness (QED) is 0.588. The van der Waals surface area contributed by atoms with Gasteiger partial charge in [-0.15, -0.1) is 0 Å². The summed E-state index contributed by atoms with van der Waals surface area (Å²) in [6, 6.07) is 4.45. The maximum atomic E-state index is 2.22. The number of hydrogen-bond acceptors (Lipinski definition) is 0. The Hall–Kier alpha value is -1.04. The molecule has 0 aromatic heterocycles. The Morgan fingerprint density at radius 1 is 1.08 bits per heavy atom. The molecular weight excluding hydrogens is 144 g/mol. The lowest BCUT2D eigenvalue weighted by Crippen LogP contribution is -1.87. The lowest BCUT2D eigenvalue weighted by Gasteiger charge is -2.06. The van der Waals surface area contributed by atoms with Crippen LogP contribution in [0.25, 0.3) is 6.08 Å². The second kappa shape index (κ2) is 3.57. The first kappa shape index (κ1) is 9.05. The fourth-order valence-electron chi connectivity index (χ4n) is 1.43. The third kappa shape index (κ3) is 1.76. The van der Waals surface area contributed by atoms with E-state index in [9.17, 15) is 0 Å². The van der Waals surface area contributed by atoms with Gasteiger partial charge in [-0.05, 0) is 44.4 Å². The molecule has 0 radical (unpaired) electrons. The maximum absolute atomic E-state index is 2.22. The summed E-state index contributed by atoms with van der Waals surface area (Å²) in [7, 11) is 0. The van der Waals surface area contributed by atoms with Crippen molar-refractivity contribution in [2.45, 2.75) is 27.7 Å². The molecule has 12 heavy (non-hydrogen) atoms. The van der Waals surface area contributed by atoms with Gasteiger partial charge in [-0.25, -0.2) is 0 Å². The number of benzene rings is 1. The molecule has 64 valence electrons. The molecule has 0 bridgehead atoms. The second-order valence-electron chi connectivity index (χ2n) is 3.30. The van der Waals surface area contributed by atoms with Crippen molar-refractivity contribution in [1.29, 1.82) is 0 Å². The van der Waals surface area contributed by atoms with Crippen LogP contribution < -0.4 is 0 Å². The average molecular weight is 160 g/mol. The molecule has 0 nitrogen and oxygen atoms in total. The highest BCUT2D eigenvalue weighted by molar-refractivity contribution is 5.56. The molecule has 1 aromatic carbocycles. The fraction of sp³-hybridized carbons (Fsp3) is 0.333. The summed E-state index contributed by atoms with van der Waals surface area (Å²) >= 11 is 0. The highest BCUT2D eigenvalue weighted by atomic mass is 14.0. The van der Waals surface area contributed by atoms with Crippen molar-refractivity contribution in [2.75, 3.05) is 0 Å². The lowest BCUT2D eigenvalue weighted by atomic mass is 10.00. The van der Waals surface area contributed by atoms with E-state index in [1.165, 1.54) is 22.3 Å². The number of aryl methyl sites for hydroxylation is 2. The zero-order chi connectivity index (χ0) is 9.14. The Labute approximate surface area is 74.9 Å². The van der Waals surface area contributed by atoms with Gasteiger partial charge in [0.05, 0.1) is 0 Å². The fourth-order valence-corrected chi connectivity index (χ4v) is 1.43. The minimum Gasteiger partial charge on any atom is -0.0871 e. The molecule has 0 atom stereocenters. The van der Waals surface area contributed by atoms with Crippen molar-refractivity contribution in [1.82, 2.24) is 0 Å². The van der Waals surface area contributed by atoms with Crippen LogP contribution in [0.4, 0.5) is 0 Å². The number of allylic oxidation sites excluding steroid dienone is 1. The van der Waals surface area contributed by atoms with Gasteiger partial charge < -0.3 is 0 Å². The maximum Gasteiger partial charge on any atom is -0.0225 e. The molecule has 0 fully saturated rings. The van der Waals surface area contributed by atoms with Crippen LogP contribution in [0, 0.1) is 20.8 Å². The predicted molar refractivity (Wildman–Crippen MR) is 55.4 cm³/mol. The molecule has 0 saturated heterocycles. The zero-order valence-electron chi connectivity index (χ0n) is 8.31. The summed E-state index contributed by atoms with van der Waals surface area (Å²) < 4.78 is 0. The summed E-state index contributed by atoms with van der Waals surface area (Å²) in [5, 5.41) is 0. The third-order valence-electron chi connectivity index (χ3n) is 2.20. The Balaban J connectivity index is 3.27. The molecule has 0 spiro atoms. The molecule has 0 aliphatic heterocycles. The minimum atomic E-state index is 1.34. The highest BCUT2D eigenvalue weighted by Gasteiger charge is 1.98. The largest absolute Gasteiger partial charge is 0.0871 e. The van der Waals surface area contributed by atoms with Crippen molar-refractivity contribution in [2.24, 2.45) is 0 Å². The summed E-state index contributed by atoms with van der Waals surface area (Å²) in [5.74, 6) is 0. The van der Waals surface area contributed by atoms with E-state index < -0.39 is 0 Å². The Bertz CT molecular complexity index is 306. The number of rotatable bonds is 1. The van der Waals surface area contributed by atoms with Gasteiger partial charge >= 0.3 is 0 Å². The van der Waals surface area contributed by atoms with Crippen LogP contribution in [0.1, 0.15) is 29.2 Å². The van der Waals surface area contributed by atoms with Crippen LogP contribution in [-0.2, 0) is 0 Å². The van der Waals surface area contributed by atoms with Gasteiger partial charge in [-0.2, -0.15) is 0 Å². The topological polar surface area (TPSA) is 0 Å². The Morgan fingerprint density at radius 2 is 1.75 bits per heavy atom. The molecule has 1 aromatic rings. The Kier molecular flexibility index (Phi) is 2.69. The molecular formula is C12H16. The molecule has 0 saturated carbocycles. The molecule has 0 amide bonds. The molecule has 0 heterocycles. The zero-order valence-corrected chi connectivity index (χ0v) is 8.31. The SMILES string of the molecule is C/C=C/c1cc(C)cc(C)c1C. The van der Waals surface area contributed by atoms with Crippen molar-refractivity contribution >= 4 is 6.08 Å². The highest BCUT2D eigenvalue weighted by Crippen LogP contribution is 2.16. The molecule has 0 aliphatic rings. The van der Waals surface area contributed by atoms with Gasteiger partial charge in [0, 0.05) is 0 Å². The molecule has 1 rings (SSSR count). The van der Waals surface area contributed by atoms with E-state index in [-0.39, 0.29) is 0 Å². The van der Waals surface area contributed by atoms with Crippen LogP contribution in [0.5, 0.6) is 0 Å². The number of hydrogen-bond donors (Lipinski definition) is 0.